The Kier molecular flexibility index (Phi) is 7.82. The van der Waals surface area contributed by atoms with E-state index in [1.165, 1.54) is 0 Å². The van der Waals surface area contributed by atoms with Crippen LogP contribution in [0.4, 0.5) is 4.79 Å². The van der Waals surface area contributed by atoms with Gasteiger partial charge in [-0.1, -0.05) is 6.92 Å². The first kappa shape index (κ1) is 19.7. The third kappa shape index (κ3) is 7.20. The largest absolute Gasteiger partial charge is 0.444 e. The van der Waals surface area contributed by atoms with E-state index in [1.54, 1.807) is 16.8 Å². The molecule has 1 rings (SSSR count). The van der Waals surface area contributed by atoms with Gasteiger partial charge < -0.3 is 19.3 Å². The summed E-state index contributed by atoms with van der Waals surface area (Å²) < 4.78 is 10.8. The zero-order chi connectivity index (χ0) is 17.5. The molecule has 134 valence electrons. The fourth-order valence-electron chi connectivity index (χ4n) is 2.54. The van der Waals surface area contributed by atoms with E-state index in [1.807, 2.05) is 20.8 Å². The van der Waals surface area contributed by atoms with Crippen molar-refractivity contribution in [1.82, 2.24) is 9.80 Å². The molecule has 6 heteroatoms. The molecule has 0 N–H and O–H groups in total. The fourth-order valence-corrected chi connectivity index (χ4v) is 2.54. The van der Waals surface area contributed by atoms with Crippen molar-refractivity contribution < 1.29 is 19.1 Å². The van der Waals surface area contributed by atoms with Crippen molar-refractivity contribution >= 4 is 12.0 Å². The summed E-state index contributed by atoms with van der Waals surface area (Å²) in [6.45, 7) is 10.6. The first-order valence-electron chi connectivity index (χ1n) is 8.55. The Morgan fingerprint density at radius 2 is 1.96 bits per heavy atom. The lowest BCUT2D eigenvalue weighted by atomic mass is 9.97. The number of ether oxygens (including phenoxy) is 2. The second-order valence-electron chi connectivity index (χ2n) is 7.14. The van der Waals surface area contributed by atoms with Gasteiger partial charge in [0.1, 0.15) is 5.60 Å². The maximum atomic E-state index is 12.5. The number of nitrogens with zero attached hydrogens (tertiary/aromatic N) is 2. The van der Waals surface area contributed by atoms with E-state index in [0.717, 1.165) is 25.9 Å². The van der Waals surface area contributed by atoms with Gasteiger partial charge in [-0.25, -0.2) is 4.79 Å². The van der Waals surface area contributed by atoms with Crippen LogP contribution in [0.5, 0.6) is 0 Å². The number of likely N-dealkylation sites (tertiary alicyclic amines) is 1. The minimum atomic E-state index is -0.512. The number of carbonyl (C=O) groups is 2. The van der Waals surface area contributed by atoms with Gasteiger partial charge in [-0.3, -0.25) is 4.79 Å². The van der Waals surface area contributed by atoms with Gasteiger partial charge in [-0.15, -0.1) is 0 Å². The van der Waals surface area contributed by atoms with Gasteiger partial charge in [0, 0.05) is 33.3 Å². The number of piperidine rings is 1. The minimum absolute atomic E-state index is 0.0818. The first-order valence-corrected chi connectivity index (χ1v) is 8.55. The smallest absolute Gasteiger partial charge is 0.410 e. The molecule has 6 nitrogen and oxygen atoms in total. The van der Waals surface area contributed by atoms with E-state index in [0.29, 0.717) is 26.2 Å². The molecule has 1 atom stereocenters. The lowest BCUT2D eigenvalue weighted by molar-refractivity contribution is -0.136. The van der Waals surface area contributed by atoms with Crippen molar-refractivity contribution in [3.05, 3.63) is 0 Å². The lowest BCUT2D eigenvalue weighted by Gasteiger charge is -2.35. The summed E-state index contributed by atoms with van der Waals surface area (Å²) >= 11 is 0. The zero-order valence-corrected chi connectivity index (χ0v) is 15.3. The Labute approximate surface area is 140 Å². The van der Waals surface area contributed by atoms with Crippen molar-refractivity contribution in [1.29, 1.82) is 0 Å². The highest BCUT2D eigenvalue weighted by molar-refractivity contribution is 5.80. The summed E-state index contributed by atoms with van der Waals surface area (Å²) in [4.78, 5) is 28.0. The molecule has 0 spiro atoms. The molecule has 0 unspecified atom stereocenters. The summed E-state index contributed by atoms with van der Waals surface area (Å²) in [5, 5.41) is 0. The average molecular weight is 328 g/mol. The molecular formula is C17H32N2O4. The van der Waals surface area contributed by atoms with E-state index in [4.69, 9.17) is 9.47 Å². The SMILES string of the molecule is CCCOCCN(C)C(=O)[C@@H]1CCCN(C(=O)OC(C)(C)C)C1. The van der Waals surface area contributed by atoms with E-state index in [9.17, 15) is 9.59 Å². The van der Waals surface area contributed by atoms with E-state index >= 15 is 0 Å². The van der Waals surface area contributed by atoms with Crippen LogP contribution in [-0.4, -0.2) is 67.3 Å². The molecule has 23 heavy (non-hydrogen) atoms. The monoisotopic (exact) mass is 328 g/mol. The van der Waals surface area contributed by atoms with Gasteiger partial charge >= 0.3 is 6.09 Å². The van der Waals surface area contributed by atoms with Crippen molar-refractivity contribution in [2.24, 2.45) is 5.92 Å². The zero-order valence-electron chi connectivity index (χ0n) is 15.3. The van der Waals surface area contributed by atoms with E-state index < -0.39 is 5.60 Å². The number of carbonyl (C=O) groups excluding carboxylic acids is 2. The van der Waals surface area contributed by atoms with Gasteiger partial charge in [0.15, 0.2) is 0 Å². The molecule has 1 heterocycles. The third-order valence-corrected chi connectivity index (χ3v) is 3.72. The van der Waals surface area contributed by atoms with Gasteiger partial charge in [-0.2, -0.15) is 0 Å². The molecule has 0 aromatic heterocycles. The van der Waals surface area contributed by atoms with Crippen LogP contribution in [-0.2, 0) is 14.3 Å². The number of likely N-dealkylation sites (N-methyl/N-ethyl adjacent to an activating group) is 1. The second-order valence-corrected chi connectivity index (χ2v) is 7.14. The average Bonchev–Trinajstić information content (AvgIpc) is 2.49. The molecule has 0 aromatic carbocycles. The number of hydrogen-bond acceptors (Lipinski definition) is 4. The van der Waals surface area contributed by atoms with Gasteiger partial charge in [0.2, 0.25) is 5.91 Å². The van der Waals surface area contributed by atoms with Gasteiger partial charge in [0.25, 0.3) is 0 Å². The van der Waals surface area contributed by atoms with Crippen LogP contribution >= 0.6 is 0 Å². The molecule has 1 aliphatic heterocycles. The van der Waals surface area contributed by atoms with Crippen LogP contribution in [0.3, 0.4) is 0 Å². The van der Waals surface area contributed by atoms with Crippen LogP contribution in [0.2, 0.25) is 0 Å². The quantitative estimate of drug-likeness (QED) is 0.703. The van der Waals surface area contributed by atoms with Crippen LogP contribution < -0.4 is 0 Å². The van der Waals surface area contributed by atoms with Crippen LogP contribution in [0.25, 0.3) is 0 Å². The molecule has 0 aromatic rings. The molecule has 2 amide bonds. The maximum absolute atomic E-state index is 12.5. The fraction of sp³-hybridized carbons (Fsp3) is 0.882. The highest BCUT2D eigenvalue weighted by Gasteiger charge is 2.32. The van der Waals surface area contributed by atoms with E-state index in [-0.39, 0.29) is 17.9 Å². The van der Waals surface area contributed by atoms with Crippen molar-refractivity contribution in [2.75, 3.05) is 39.9 Å². The summed E-state index contributed by atoms with van der Waals surface area (Å²) in [6, 6.07) is 0. The number of rotatable bonds is 6. The first-order chi connectivity index (χ1) is 10.7. The molecule has 1 aliphatic rings. The predicted octanol–water partition coefficient (Wildman–Crippen LogP) is 2.52. The van der Waals surface area contributed by atoms with Gasteiger partial charge in [-0.05, 0) is 40.0 Å². The molecule has 0 aliphatic carbocycles. The maximum Gasteiger partial charge on any atom is 0.410 e. The molecule has 0 bridgehead atoms. The highest BCUT2D eigenvalue weighted by Crippen LogP contribution is 2.20. The van der Waals surface area contributed by atoms with Crippen LogP contribution in [0, 0.1) is 5.92 Å². The Morgan fingerprint density at radius 1 is 1.26 bits per heavy atom. The lowest BCUT2D eigenvalue weighted by Crippen LogP contribution is -2.47. The summed E-state index contributed by atoms with van der Waals surface area (Å²) in [5.74, 6) is -0.0641. The molecule has 0 saturated carbocycles. The minimum Gasteiger partial charge on any atom is -0.444 e. The normalized spacial score (nSPS) is 18.7. The molecule has 1 fully saturated rings. The molecular weight excluding hydrogens is 296 g/mol. The van der Waals surface area contributed by atoms with Crippen LogP contribution in [0.1, 0.15) is 47.0 Å². The Balaban J connectivity index is 2.47. The van der Waals surface area contributed by atoms with Crippen molar-refractivity contribution in [3.63, 3.8) is 0 Å². The standard InChI is InChI=1S/C17H32N2O4/c1-6-11-22-12-10-18(5)15(20)14-8-7-9-19(13-14)16(21)23-17(2,3)4/h14H,6-13H2,1-5H3/t14-/m1/s1. The van der Waals surface area contributed by atoms with Crippen LogP contribution in [0.15, 0.2) is 0 Å². The third-order valence-electron chi connectivity index (χ3n) is 3.72. The summed E-state index contributed by atoms with van der Waals surface area (Å²) in [7, 11) is 1.80. The Hall–Kier alpha value is -1.30. The summed E-state index contributed by atoms with van der Waals surface area (Å²) in [5.41, 5.74) is -0.512. The summed E-state index contributed by atoms with van der Waals surface area (Å²) in [6.07, 6.45) is 2.29. The molecule has 0 radical (unpaired) electrons. The highest BCUT2D eigenvalue weighted by atomic mass is 16.6. The second kappa shape index (κ2) is 9.11. The van der Waals surface area contributed by atoms with E-state index in [2.05, 4.69) is 6.92 Å². The van der Waals surface area contributed by atoms with Crippen molar-refractivity contribution in [3.8, 4) is 0 Å². The topological polar surface area (TPSA) is 59.1 Å². The predicted molar refractivity (Wildman–Crippen MR) is 89.3 cm³/mol. The van der Waals surface area contributed by atoms with Crippen molar-refractivity contribution in [2.45, 2.75) is 52.6 Å². The Bertz CT molecular complexity index is 393. The number of amides is 2. The van der Waals surface area contributed by atoms with Gasteiger partial charge in [0.05, 0.1) is 12.5 Å². The molecule has 1 saturated heterocycles. The Morgan fingerprint density at radius 3 is 2.57 bits per heavy atom. The number of hydrogen-bond donors (Lipinski definition) is 0.